The van der Waals surface area contributed by atoms with Crippen LogP contribution in [0.3, 0.4) is 0 Å². The van der Waals surface area contributed by atoms with Crippen LogP contribution in [-0.4, -0.2) is 35.6 Å². The number of urea groups is 1. The van der Waals surface area contributed by atoms with Crippen LogP contribution in [0.4, 0.5) is 22.1 Å². The van der Waals surface area contributed by atoms with Crippen LogP contribution in [0.2, 0.25) is 0 Å². The normalized spacial score (nSPS) is 10.2. The Hall–Kier alpha value is -2.83. The van der Waals surface area contributed by atoms with Gasteiger partial charge in [-0.2, -0.15) is 0 Å². The van der Waals surface area contributed by atoms with Crippen LogP contribution < -0.4 is 21.3 Å². The predicted molar refractivity (Wildman–Crippen MR) is 102 cm³/mol. The molecule has 0 aliphatic carbocycles. The minimum Gasteiger partial charge on any atom is -0.370 e. The Morgan fingerprint density at radius 1 is 1.00 bits per heavy atom. The Kier molecular flexibility index (Phi) is 6.56. The van der Waals surface area contributed by atoms with Crippen LogP contribution in [-0.2, 0) is 0 Å². The number of aryl methyl sites for hydroxylation is 3. The fraction of sp³-hybridized carbons (Fsp3) is 0.389. The quantitative estimate of drug-likeness (QED) is 0.581. The second-order valence-electron chi connectivity index (χ2n) is 5.84. The van der Waals surface area contributed by atoms with Crippen LogP contribution in [0.25, 0.3) is 0 Å². The maximum atomic E-state index is 12.0. The number of nitrogens with one attached hydrogen (secondary N) is 4. The summed E-state index contributed by atoms with van der Waals surface area (Å²) in [6.07, 6.45) is 0. The van der Waals surface area contributed by atoms with Crippen LogP contribution in [0, 0.1) is 20.8 Å². The van der Waals surface area contributed by atoms with E-state index in [1.807, 2.05) is 52.0 Å². The van der Waals surface area contributed by atoms with Gasteiger partial charge in [0.15, 0.2) is 0 Å². The molecular formula is C18H26N6O. The van der Waals surface area contributed by atoms with E-state index in [0.29, 0.717) is 18.9 Å². The van der Waals surface area contributed by atoms with Gasteiger partial charge in [0.25, 0.3) is 0 Å². The van der Waals surface area contributed by atoms with Crippen molar-refractivity contribution in [3.8, 4) is 0 Å². The van der Waals surface area contributed by atoms with Gasteiger partial charge in [0.2, 0.25) is 0 Å². The van der Waals surface area contributed by atoms with Crippen molar-refractivity contribution < 1.29 is 4.79 Å². The summed E-state index contributed by atoms with van der Waals surface area (Å²) in [4.78, 5) is 20.6. The lowest BCUT2D eigenvalue weighted by molar-refractivity contribution is 0.252. The summed E-state index contributed by atoms with van der Waals surface area (Å²) in [6.45, 7) is 9.72. The van der Waals surface area contributed by atoms with Crippen LogP contribution in [0.5, 0.6) is 0 Å². The van der Waals surface area contributed by atoms with E-state index >= 15 is 0 Å². The molecule has 134 valence electrons. The molecular weight excluding hydrogens is 316 g/mol. The minimum atomic E-state index is -0.221. The molecule has 0 aliphatic rings. The largest absolute Gasteiger partial charge is 0.370 e. The van der Waals surface area contributed by atoms with Crippen molar-refractivity contribution in [3.63, 3.8) is 0 Å². The average molecular weight is 342 g/mol. The number of hydrogen-bond acceptors (Lipinski definition) is 5. The fourth-order valence-electron chi connectivity index (χ4n) is 2.42. The van der Waals surface area contributed by atoms with E-state index < -0.39 is 0 Å². The Labute approximate surface area is 148 Å². The predicted octanol–water partition coefficient (Wildman–Crippen LogP) is 3.07. The van der Waals surface area contributed by atoms with Gasteiger partial charge in [-0.1, -0.05) is 17.7 Å². The van der Waals surface area contributed by atoms with Gasteiger partial charge in [0, 0.05) is 31.4 Å². The Morgan fingerprint density at radius 3 is 2.40 bits per heavy atom. The van der Waals surface area contributed by atoms with E-state index in [9.17, 15) is 4.79 Å². The van der Waals surface area contributed by atoms with Crippen molar-refractivity contribution >= 4 is 23.4 Å². The first kappa shape index (κ1) is 18.5. The van der Waals surface area contributed by atoms with Gasteiger partial charge in [-0.05, 0) is 39.3 Å². The lowest BCUT2D eigenvalue weighted by atomic mass is 10.1. The first-order valence-corrected chi connectivity index (χ1v) is 8.43. The van der Waals surface area contributed by atoms with E-state index in [2.05, 4.69) is 31.2 Å². The zero-order chi connectivity index (χ0) is 18.2. The molecule has 1 heterocycles. The topological polar surface area (TPSA) is 91.0 Å². The molecule has 2 rings (SSSR count). The highest BCUT2D eigenvalue weighted by molar-refractivity contribution is 5.90. The summed E-state index contributed by atoms with van der Waals surface area (Å²) in [6, 6.07) is 7.56. The number of amides is 2. The Balaban J connectivity index is 1.78. The van der Waals surface area contributed by atoms with Crippen molar-refractivity contribution in [2.45, 2.75) is 27.7 Å². The molecule has 0 fully saturated rings. The van der Waals surface area contributed by atoms with Crippen molar-refractivity contribution in [2.24, 2.45) is 0 Å². The third-order valence-corrected chi connectivity index (χ3v) is 3.54. The molecule has 0 bridgehead atoms. The van der Waals surface area contributed by atoms with Gasteiger partial charge in [0.1, 0.15) is 17.5 Å². The molecule has 0 atom stereocenters. The maximum Gasteiger partial charge on any atom is 0.319 e. The first-order valence-electron chi connectivity index (χ1n) is 8.43. The first-order chi connectivity index (χ1) is 12.0. The Bertz CT molecular complexity index is 732. The van der Waals surface area contributed by atoms with Gasteiger partial charge in [0.05, 0.1) is 0 Å². The third-order valence-electron chi connectivity index (χ3n) is 3.54. The SMILES string of the molecule is CCNc1cc(NCCNC(=O)Nc2ccc(C)cc2C)nc(C)n1. The monoisotopic (exact) mass is 342 g/mol. The highest BCUT2D eigenvalue weighted by atomic mass is 16.2. The molecule has 1 aromatic carbocycles. The molecule has 25 heavy (non-hydrogen) atoms. The summed E-state index contributed by atoms with van der Waals surface area (Å²) < 4.78 is 0. The molecule has 7 nitrogen and oxygen atoms in total. The van der Waals surface area contributed by atoms with Gasteiger partial charge in [-0.25, -0.2) is 14.8 Å². The van der Waals surface area contributed by atoms with Crippen molar-refractivity contribution in [3.05, 3.63) is 41.2 Å². The van der Waals surface area contributed by atoms with Crippen molar-refractivity contribution in [2.75, 3.05) is 35.6 Å². The molecule has 2 aromatic rings. The molecule has 0 radical (unpaired) electrons. The van der Waals surface area contributed by atoms with Gasteiger partial charge in [-0.15, -0.1) is 0 Å². The second-order valence-corrected chi connectivity index (χ2v) is 5.84. The number of aromatic nitrogens is 2. The Morgan fingerprint density at radius 2 is 1.72 bits per heavy atom. The smallest absolute Gasteiger partial charge is 0.319 e. The van der Waals surface area contributed by atoms with E-state index in [1.54, 1.807) is 0 Å². The van der Waals surface area contributed by atoms with Gasteiger partial charge >= 0.3 is 6.03 Å². The van der Waals surface area contributed by atoms with E-state index in [1.165, 1.54) is 5.56 Å². The molecule has 0 unspecified atom stereocenters. The van der Waals surface area contributed by atoms with E-state index in [0.717, 1.165) is 29.4 Å². The molecule has 0 aliphatic heterocycles. The molecule has 1 aromatic heterocycles. The number of hydrogen-bond donors (Lipinski definition) is 4. The second kappa shape index (κ2) is 8.86. The number of benzene rings is 1. The standard InChI is InChI=1S/C18H26N6O/c1-5-19-16-11-17(23-14(4)22-16)20-8-9-21-18(25)24-15-7-6-12(2)10-13(15)3/h6-7,10-11H,5,8-9H2,1-4H3,(H2,21,24,25)(H2,19,20,22,23). The summed E-state index contributed by atoms with van der Waals surface area (Å²) in [7, 11) is 0. The van der Waals surface area contributed by atoms with Crippen molar-refractivity contribution in [1.82, 2.24) is 15.3 Å². The number of anilines is 3. The lowest BCUT2D eigenvalue weighted by Gasteiger charge is -2.12. The zero-order valence-corrected chi connectivity index (χ0v) is 15.2. The van der Waals surface area contributed by atoms with Gasteiger partial charge < -0.3 is 21.3 Å². The van der Waals surface area contributed by atoms with E-state index in [-0.39, 0.29) is 6.03 Å². The summed E-state index contributed by atoms with van der Waals surface area (Å²) >= 11 is 0. The summed E-state index contributed by atoms with van der Waals surface area (Å²) in [5.74, 6) is 2.22. The van der Waals surface area contributed by atoms with Gasteiger partial charge in [-0.3, -0.25) is 0 Å². The highest BCUT2D eigenvalue weighted by Crippen LogP contribution is 2.15. The molecule has 0 saturated heterocycles. The van der Waals surface area contributed by atoms with E-state index in [4.69, 9.17) is 0 Å². The summed E-state index contributed by atoms with van der Waals surface area (Å²) in [5.41, 5.74) is 3.03. The number of carbonyl (C=O) groups excluding carboxylic acids is 1. The molecule has 4 N–H and O–H groups in total. The fourth-order valence-corrected chi connectivity index (χ4v) is 2.42. The molecule has 0 spiro atoms. The molecule has 7 heteroatoms. The minimum absolute atomic E-state index is 0.221. The number of nitrogens with zero attached hydrogens (tertiary/aromatic N) is 2. The number of carbonyl (C=O) groups is 1. The molecule has 2 amide bonds. The number of rotatable bonds is 7. The molecule has 0 saturated carbocycles. The lowest BCUT2D eigenvalue weighted by Crippen LogP contribution is -2.33. The van der Waals surface area contributed by atoms with Crippen LogP contribution in [0.15, 0.2) is 24.3 Å². The van der Waals surface area contributed by atoms with Crippen LogP contribution in [0.1, 0.15) is 23.9 Å². The third kappa shape index (κ3) is 5.95. The summed E-state index contributed by atoms with van der Waals surface area (Å²) in [5, 5.41) is 12.0. The van der Waals surface area contributed by atoms with Crippen molar-refractivity contribution in [1.29, 1.82) is 0 Å². The van der Waals surface area contributed by atoms with Crippen LogP contribution >= 0.6 is 0 Å². The highest BCUT2D eigenvalue weighted by Gasteiger charge is 2.04. The average Bonchev–Trinajstić information content (AvgIpc) is 2.54. The zero-order valence-electron chi connectivity index (χ0n) is 15.2. The maximum absolute atomic E-state index is 12.0.